The SMILES string of the molecule is CCc1ccc(N2CCN(S(=O)(=O)C[C@]34CC[C@@H](CC3=O)C4(C)C)CC2)cc1. The lowest BCUT2D eigenvalue weighted by Gasteiger charge is -2.40. The highest BCUT2D eigenvalue weighted by atomic mass is 32.2. The first-order chi connectivity index (χ1) is 13.2. The Morgan fingerprint density at radius 1 is 1.07 bits per heavy atom. The van der Waals surface area contributed by atoms with Crippen LogP contribution in [0.1, 0.15) is 45.6 Å². The maximum Gasteiger partial charge on any atom is 0.215 e. The molecule has 0 unspecified atom stereocenters. The number of ketones is 1. The summed E-state index contributed by atoms with van der Waals surface area (Å²) in [6.45, 7) is 8.71. The van der Waals surface area contributed by atoms with E-state index in [9.17, 15) is 13.2 Å². The van der Waals surface area contributed by atoms with Crippen LogP contribution >= 0.6 is 0 Å². The molecule has 1 heterocycles. The average molecular weight is 405 g/mol. The van der Waals surface area contributed by atoms with Gasteiger partial charge in [-0.3, -0.25) is 4.79 Å². The van der Waals surface area contributed by atoms with Crippen LogP contribution in [0.25, 0.3) is 0 Å². The van der Waals surface area contributed by atoms with Crippen molar-refractivity contribution in [2.45, 2.75) is 46.5 Å². The molecule has 4 rings (SSSR count). The molecule has 1 aliphatic heterocycles. The van der Waals surface area contributed by atoms with Crippen LogP contribution in [-0.4, -0.2) is 50.4 Å². The quantitative estimate of drug-likeness (QED) is 0.757. The Kier molecular flexibility index (Phi) is 4.86. The first-order valence-electron chi connectivity index (χ1n) is 10.5. The van der Waals surface area contributed by atoms with Crippen molar-refractivity contribution in [3.8, 4) is 0 Å². The van der Waals surface area contributed by atoms with Crippen LogP contribution in [-0.2, 0) is 21.2 Å². The molecule has 1 aromatic rings. The minimum atomic E-state index is -3.45. The molecule has 0 aromatic heterocycles. The highest BCUT2D eigenvalue weighted by Gasteiger charge is 2.65. The Morgan fingerprint density at radius 3 is 2.21 bits per heavy atom. The summed E-state index contributed by atoms with van der Waals surface area (Å²) in [5.41, 5.74) is 1.57. The van der Waals surface area contributed by atoms with Crippen molar-refractivity contribution in [1.82, 2.24) is 4.31 Å². The topological polar surface area (TPSA) is 57.7 Å². The molecule has 0 amide bonds. The van der Waals surface area contributed by atoms with Crippen molar-refractivity contribution >= 4 is 21.5 Å². The number of sulfonamides is 1. The van der Waals surface area contributed by atoms with E-state index in [1.54, 1.807) is 4.31 Å². The molecule has 2 aliphatic carbocycles. The fourth-order valence-electron chi connectivity index (χ4n) is 5.68. The van der Waals surface area contributed by atoms with Gasteiger partial charge in [0.2, 0.25) is 10.0 Å². The van der Waals surface area contributed by atoms with E-state index in [1.165, 1.54) is 5.56 Å². The number of Topliss-reactive ketones (excluding diaryl/α,β-unsaturated/α-hetero) is 1. The van der Waals surface area contributed by atoms with Gasteiger partial charge in [0.25, 0.3) is 0 Å². The van der Waals surface area contributed by atoms with Crippen LogP contribution in [0.4, 0.5) is 5.69 Å². The predicted octanol–water partition coefficient (Wildman–Crippen LogP) is 3.10. The second kappa shape index (κ2) is 6.84. The first-order valence-corrected chi connectivity index (χ1v) is 12.2. The standard InChI is InChI=1S/C22H32N2O3S/c1-4-17-5-7-19(8-6-17)23-11-13-24(14-12-23)28(26,27)16-22-10-9-18(15-20(22)25)21(22,2)3/h5-8,18H,4,9-16H2,1-3H3/t18-,22+/m0/s1. The maximum atomic E-state index is 13.2. The Morgan fingerprint density at radius 2 is 1.71 bits per heavy atom. The van der Waals surface area contributed by atoms with Gasteiger partial charge in [-0.15, -0.1) is 0 Å². The van der Waals surface area contributed by atoms with Gasteiger partial charge in [0, 0.05) is 43.7 Å². The van der Waals surface area contributed by atoms with Crippen molar-refractivity contribution in [2.24, 2.45) is 16.7 Å². The molecule has 1 saturated heterocycles. The minimum Gasteiger partial charge on any atom is -0.369 e. The van der Waals surface area contributed by atoms with E-state index in [0.29, 0.717) is 38.5 Å². The van der Waals surface area contributed by atoms with E-state index in [-0.39, 0.29) is 17.0 Å². The molecule has 3 aliphatic rings. The van der Waals surface area contributed by atoms with E-state index in [0.717, 1.165) is 24.9 Å². The first kappa shape index (κ1) is 19.9. The molecule has 2 bridgehead atoms. The normalized spacial score (nSPS) is 30.2. The van der Waals surface area contributed by atoms with E-state index < -0.39 is 15.4 Å². The van der Waals surface area contributed by atoms with Crippen LogP contribution in [0.5, 0.6) is 0 Å². The van der Waals surface area contributed by atoms with Gasteiger partial charge in [-0.25, -0.2) is 8.42 Å². The van der Waals surface area contributed by atoms with Crippen LogP contribution in [0.3, 0.4) is 0 Å². The zero-order valence-corrected chi connectivity index (χ0v) is 18.1. The fourth-order valence-corrected chi connectivity index (χ4v) is 7.88. The Bertz CT molecular complexity index is 854. The lowest BCUT2D eigenvalue weighted by molar-refractivity contribution is -0.128. The smallest absolute Gasteiger partial charge is 0.215 e. The number of nitrogens with zero attached hydrogens (tertiary/aromatic N) is 2. The van der Waals surface area contributed by atoms with E-state index in [1.807, 2.05) is 0 Å². The molecule has 0 radical (unpaired) electrons. The predicted molar refractivity (Wildman–Crippen MR) is 112 cm³/mol. The Hall–Kier alpha value is -1.40. The summed E-state index contributed by atoms with van der Waals surface area (Å²) < 4.78 is 28.1. The summed E-state index contributed by atoms with van der Waals surface area (Å²) in [7, 11) is -3.45. The number of rotatable bonds is 5. The van der Waals surface area contributed by atoms with Gasteiger partial charge in [-0.05, 0) is 48.3 Å². The molecule has 6 heteroatoms. The van der Waals surface area contributed by atoms with Gasteiger partial charge in [0.05, 0.1) is 5.75 Å². The molecular formula is C22H32N2O3S. The number of carbonyl (C=O) groups is 1. The monoisotopic (exact) mass is 404 g/mol. The average Bonchev–Trinajstić information content (AvgIpc) is 3.02. The number of benzene rings is 1. The third-order valence-electron chi connectivity index (χ3n) is 7.91. The van der Waals surface area contributed by atoms with Gasteiger partial charge in [-0.1, -0.05) is 32.9 Å². The number of hydrogen-bond acceptors (Lipinski definition) is 4. The number of aryl methyl sites for hydroxylation is 1. The van der Waals surface area contributed by atoms with Crippen LogP contribution in [0.15, 0.2) is 24.3 Å². The molecule has 3 fully saturated rings. The van der Waals surface area contributed by atoms with Crippen molar-refractivity contribution < 1.29 is 13.2 Å². The van der Waals surface area contributed by atoms with Crippen LogP contribution in [0, 0.1) is 16.7 Å². The molecular weight excluding hydrogens is 372 g/mol. The minimum absolute atomic E-state index is 0.00642. The molecule has 2 saturated carbocycles. The second-order valence-corrected chi connectivity index (χ2v) is 11.3. The van der Waals surface area contributed by atoms with Gasteiger partial charge in [-0.2, -0.15) is 4.31 Å². The lowest BCUT2D eigenvalue weighted by Crippen LogP contribution is -2.52. The zero-order chi connectivity index (χ0) is 20.2. The number of hydrogen-bond donors (Lipinski definition) is 0. The van der Waals surface area contributed by atoms with Gasteiger partial charge in [0.1, 0.15) is 5.78 Å². The van der Waals surface area contributed by atoms with E-state index in [2.05, 4.69) is 49.9 Å². The molecule has 5 nitrogen and oxygen atoms in total. The summed E-state index contributed by atoms with van der Waals surface area (Å²) in [6, 6.07) is 8.53. The molecule has 28 heavy (non-hydrogen) atoms. The summed E-state index contributed by atoms with van der Waals surface area (Å²) in [5, 5.41) is 0. The van der Waals surface area contributed by atoms with Gasteiger partial charge < -0.3 is 4.90 Å². The molecule has 154 valence electrons. The Balaban J connectivity index is 1.44. The van der Waals surface area contributed by atoms with Crippen molar-refractivity contribution in [1.29, 1.82) is 0 Å². The second-order valence-electron chi connectivity index (χ2n) is 9.33. The Labute approximate surface area is 169 Å². The number of anilines is 1. The summed E-state index contributed by atoms with van der Waals surface area (Å²) in [6.07, 6.45) is 3.29. The third-order valence-corrected chi connectivity index (χ3v) is 9.92. The summed E-state index contributed by atoms with van der Waals surface area (Å²) >= 11 is 0. The zero-order valence-electron chi connectivity index (χ0n) is 17.3. The van der Waals surface area contributed by atoms with E-state index in [4.69, 9.17) is 0 Å². The van der Waals surface area contributed by atoms with Crippen LogP contribution < -0.4 is 4.90 Å². The number of piperazine rings is 1. The molecule has 0 spiro atoms. The molecule has 0 N–H and O–H groups in total. The van der Waals surface area contributed by atoms with Crippen molar-refractivity contribution in [3.05, 3.63) is 29.8 Å². The van der Waals surface area contributed by atoms with Crippen LogP contribution in [0.2, 0.25) is 0 Å². The van der Waals surface area contributed by atoms with Gasteiger partial charge in [0.15, 0.2) is 0 Å². The number of carbonyl (C=O) groups excluding carboxylic acids is 1. The molecule has 2 atom stereocenters. The molecule has 1 aromatic carbocycles. The fraction of sp³-hybridized carbons (Fsp3) is 0.682. The number of fused-ring (bicyclic) bond motifs is 2. The lowest BCUT2D eigenvalue weighted by atomic mass is 9.70. The highest BCUT2D eigenvalue weighted by Crippen LogP contribution is 2.64. The van der Waals surface area contributed by atoms with Crippen molar-refractivity contribution in [3.63, 3.8) is 0 Å². The van der Waals surface area contributed by atoms with Gasteiger partial charge >= 0.3 is 0 Å². The van der Waals surface area contributed by atoms with Crippen molar-refractivity contribution in [2.75, 3.05) is 36.8 Å². The highest BCUT2D eigenvalue weighted by molar-refractivity contribution is 7.89. The maximum absolute atomic E-state index is 13.2. The largest absolute Gasteiger partial charge is 0.369 e. The summed E-state index contributed by atoms with van der Waals surface area (Å²) in [5.74, 6) is 0.512. The third kappa shape index (κ3) is 3.00. The summed E-state index contributed by atoms with van der Waals surface area (Å²) in [4.78, 5) is 15.0. The van der Waals surface area contributed by atoms with E-state index >= 15 is 0 Å².